The molecule has 0 bridgehead atoms. The second-order valence-corrected chi connectivity index (χ2v) is 5.03. The Morgan fingerprint density at radius 2 is 2.00 bits per heavy atom. The molecule has 0 aliphatic heterocycles. The highest BCUT2D eigenvalue weighted by Gasteiger charge is 2.37. The highest BCUT2D eigenvalue weighted by molar-refractivity contribution is 4.96. The van der Waals surface area contributed by atoms with Gasteiger partial charge < -0.3 is 5.73 Å². The lowest BCUT2D eigenvalue weighted by Crippen LogP contribution is -2.39. The van der Waals surface area contributed by atoms with Crippen LogP contribution in [0.25, 0.3) is 0 Å². The maximum absolute atomic E-state index is 6.33. The van der Waals surface area contributed by atoms with Gasteiger partial charge in [0, 0.05) is 6.04 Å². The Balaban J connectivity index is 2.47. The molecule has 0 aromatic rings. The van der Waals surface area contributed by atoms with Gasteiger partial charge in [-0.05, 0) is 44.4 Å². The maximum Gasteiger partial charge on any atom is 0.00985 e. The lowest BCUT2D eigenvalue weighted by molar-refractivity contribution is 0.211. The zero-order chi connectivity index (χ0) is 10.6. The van der Waals surface area contributed by atoms with Gasteiger partial charge in [0.15, 0.2) is 0 Å². The summed E-state index contributed by atoms with van der Waals surface area (Å²) in [5, 5.41) is 0. The molecule has 1 fully saturated rings. The summed E-state index contributed by atoms with van der Waals surface area (Å²) in [6, 6.07) is 0.395. The average molecular weight is 195 g/mol. The van der Waals surface area contributed by atoms with Crippen molar-refractivity contribution in [2.75, 3.05) is 0 Å². The summed E-state index contributed by atoms with van der Waals surface area (Å²) < 4.78 is 0. The van der Waals surface area contributed by atoms with Crippen LogP contribution in [0.15, 0.2) is 12.2 Å². The van der Waals surface area contributed by atoms with Crippen LogP contribution in [-0.2, 0) is 0 Å². The Morgan fingerprint density at radius 1 is 1.43 bits per heavy atom. The predicted octanol–water partition coefficient (Wildman–Crippen LogP) is 3.64. The SMILES string of the molecule is C=C(C)CCC(N)C1(CC)CCCC1. The molecule has 1 heteroatoms. The van der Waals surface area contributed by atoms with Crippen molar-refractivity contribution in [2.24, 2.45) is 11.1 Å². The van der Waals surface area contributed by atoms with Crippen LogP contribution in [-0.4, -0.2) is 6.04 Å². The molecule has 1 aliphatic carbocycles. The lowest BCUT2D eigenvalue weighted by Gasteiger charge is -2.34. The molecular weight excluding hydrogens is 170 g/mol. The van der Waals surface area contributed by atoms with Gasteiger partial charge in [-0.2, -0.15) is 0 Å². The fourth-order valence-corrected chi connectivity index (χ4v) is 2.77. The zero-order valence-electron chi connectivity index (χ0n) is 9.81. The van der Waals surface area contributed by atoms with Crippen LogP contribution in [0.2, 0.25) is 0 Å². The fraction of sp³-hybridized carbons (Fsp3) is 0.846. The van der Waals surface area contributed by atoms with E-state index in [-0.39, 0.29) is 0 Å². The molecule has 1 aliphatic rings. The normalized spacial score (nSPS) is 22.2. The molecule has 0 heterocycles. The van der Waals surface area contributed by atoms with E-state index in [2.05, 4.69) is 20.4 Å². The predicted molar refractivity (Wildman–Crippen MR) is 63.2 cm³/mol. The molecule has 0 aromatic heterocycles. The number of rotatable bonds is 5. The van der Waals surface area contributed by atoms with E-state index in [1.807, 2.05) is 0 Å². The van der Waals surface area contributed by atoms with Gasteiger partial charge in [0.25, 0.3) is 0 Å². The van der Waals surface area contributed by atoms with Crippen molar-refractivity contribution in [3.8, 4) is 0 Å². The van der Waals surface area contributed by atoms with Crippen LogP contribution in [0.3, 0.4) is 0 Å². The highest BCUT2D eigenvalue weighted by atomic mass is 14.7. The van der Waals surface area contributed by atoms with Crippen molar-refractivity contribution in [1.82, 2.24) is 0 Å². The molecule has 0 radical (unpaired) electrons. The summed E-state index contributed by atoms with van der Waals surface area (Å²) in [6.45, 7) is 8.34. The van der Waals surface area contributed by atoms with Gasteiger partial charge in [0.1, 0.15) is 0 Å². The molecule has 14 heavy (non-hydrogen) atoms. The van der Waals surface area contributed by atoms with E-state index < -0.39 is 0 Å². The van der Waals surface area contributed by atoms with Crippen LogP contribution < -0.4 is 5.73 Å². The summed E-state index contributed by atoms with van der Waals surface area (Å²) in [4.78, 5) is 0. The van der Waals surface area contributed by atoms with E-state index >= 15 is 0 Å². The Labute approximate surface area is 88.8 Å². The van der Waals surface area contributed by atoms with Crippen LogP contribution in [0, 0.1) is 5.41 Å². The lowest BCUT2D eigenvalue weighted by atomic mass is 9.75. The highest BCUT2D eigenvalue weighted by Crippen LogP contribution is 2.44. The maximum atomic E-state index is 6.33. The minimum atomic E-state index is 0.395. The number of hydrogen-bond donors (Lipinski definition) is 1. The van der Waals surface area contributed by atoms with Crippen LogP contribution in [0.5, 0.6) is 0 Å². The molecule has 1 atom stereocenters. The molecule has 0 aromatic carbocycles. The van der Waals surface area contributed by atoms with Gasteiger partial charge >= 0.3 is 0 Å². The topological polar surface area (TPSA) is 26.0 Å². The second kappa shape index (κ2) is 4.97. The molecule has 0 amide bonds. The smallest absolute Gasteiger partial charge is 0.00985 e. The van der Waals surface area contributed by atoms with Gasteiger partial charge in [-0.25, -0.2) is 0 Å². The van der Waals surface area contributed by atoms with Gasteiger partial charge in [0.2, 0.25) is 0 Å². The van der Waals surface area contributed by atoms with E-state index in [0.717, 1.165) is 12.8 Å². The van der Waals surface area contributed by atoms with E-state index in [9.17, 15) is 0 Å². The molecule has 0 saturated heterocycles. The van der Waals surface area contributed by atoms with Crippen LogP contribution in [0.4, 0.5) is 0 Å². The first-order chi connectivity index (χ1) is 6.60. The molecule has 1 saturated carbocycles. The van der Waals surface area contributed by atoms with Crippen molar-refractivity contribution in [1.29, 1.82) is 0 Å². The van der Waals surface area contributed by atoms with Crippen molar-refractivity contribution >= 4 is 0 Å². The van der Waals surface area contributed by atoms with E-state index in [4.69, 9.17) is 5.73 Å². The summed E-state index contributed by atoms with van der Waals surface area (Å²) in [7, 11) is 0. The van der Waals surface area contributed by atoms with Gasteiger partial charge in [-0.1, -0.05) is 25.3 Å². The van der Waals surface area contributed by atoms with Crippen LogP contribution >= 0.6 is 0 Å². The Hall–Kier alpha value is -0.300. The van der Waals surface area contributed by atoms with Crippen molar-refractivity contribution in [3.63, 3.8) is 0 Å². The van der Waals surface area contributed by atoms with Gasteiger partial charge in [-0.3, -0.25) is 0 Å². The second-order valence-electron chi connectivity index (χ2n) is 5.03. The molecule has 1 rings (SSSR count). The molecule has 0 spiro atoms. The minimum absolute atomic E-state index is 0.395. The molecule has 1 unspecified atom stereocenters. The van der Waals surface area contributed by atoms with E-state index in [1.165, 1.54) is 37.7 Å². The average Bonchev–Trinajstić information content (AvgIpc) is 2.63. The van der Waals surface area contributed by atoms with Gasteiger partial charge in [-0.15, -0.1) is 6.58 Å². The third-order valence-corrected chi connectivity index (χ3v) is 3.97. The number of hydrogen-bond acceptors (Lipinski definition) is 1. The summed E-state index contributed by atoms with van der Waals surface area (Å²) >= 11 is 0. The minimum Gasteiger partial charge on any atom is -0.327 e. The third kappa shape index (κ3) is 2.60. The Kier molecular flexibility index (Phi) is 4.18. The molecule has 2 N–H and O–H groups in total. The largest absolute Gasteiger partial charge is 0.327 e. The summed E-state index contributed by atoms with van der Waals surface area (Å²) in [5.41, 5.74) is 8.07. The van der Waals surface area contributed by atoms with Crippen molar-refractivity contribution < 1.29 is 0 Å². The molecule has 82 valence electrons. The van der Waals surface area contributed by atoms with Crippen molar-refractivity contribution in [3.05, 3.63) is 12.2 Å². The van der Waals surface area contributed by atoms with E-state index in [1.54, 1.807) is 0 Å². The first-order valence-electron chi connectivity index (χ1n) is 6.01. The Bertz CT molecular complexity index is 189. The quantitative estimate of drug-likeness (QED) is 0.666. The number of nitrogens with two attached hydrogens (primary N) is 1. The first-order valence-corrected chi connectivity index (χ1v) is 6.01. The monoisotopic (exact) mass is 195 g/mol. The zero-order valence-corrected chi connectivity index (χ0v) is 9.81. The fourth-order valence-electron chi connectivity index (χ4n) is 2.77. The Morgan fingerprint density at radius 3 is 2.43 bits per heavy atom. The molecular formula is C13H25N. The standard InChI is InChI=1S/C13H25N/c1-4-13(9-5-6-10-13)12(14)8-7-11(2)3/h12H,2,4-10,14H2,1,3H3. The first kappa shape index (κ1) is 11.8. The summed E-state index contributed by atoms with van der Waals surface area (Å²) in [5.74, 6) is 0. The third-order valence-electron chi connectivity index (χ3n) is 3.97. The molecule has 1 nitrogen and oxygen atoms in total. The number of allylic oxidation sites excluding steroid dienone is 1. The van der Waals surface area contributed by atoms with Gasteiger partial charge in [0.05, 0.1) is 0 Å². The van der Waals surface area contributed by atoms with E-state index in [0.29, 0.717) is 11.5 Å². The summed E-state index contributed by atoms with van der Waals surface area (Å²) in [6.07, 6.45) is 8.95. The van der Waals surface area contributed by atoms with Crippen molar-refractivity contribution in [2.45, 2.75) is 64.8 Å². The van der Waals surface area contributed by atoms with Crippen LogP contribution in [0.1, 0.15) is 58.8 Å².